The molecule has 136 valence electrons. The summed E-state index contributed by atoms with van der Waals surface area (Å²) in [4.78, 5) is 23.6. The number of amides is 2. The van der Waals surface area contributed by atoms with Crippen LogP contribution >= 0.6 is 0 Å². The van der Waals surface area contributed by atoms with Crippen LogP contribution in [0.3, 0.4) is 0 Å². The third-order valence-corrected chi connectivity index (χ3v) is 3.53. The van der Waals surface area contributed by atoms with Gasteiger partial charge in [-0.2, -0.15) is 5.10 Å². The molecule has 7 heteroatoms. The molecular weight excluding hydrogens is 334 g/mol. The number of carbonyl (C=O) groups excluding carboxylic acids is 2. The van der Waals surface area contributed by atoms with Gasteiger partial charge in [-0.3, -0.25) is 9.59 Å². The molecule has 0 aliphatic carbocycles. The Morgan fingerprint density at radius 2 is 1.92 bits per heavy atom. The van der Waals surface area contributed by atoms with Gasteiger partial charge in [-0.1, -0.05) is 13.0 Å². The first-order valence-electron chi connectivity index (χ1n) is 8.14. The minimum absolute atomic E-state index is 0.0554. The lowest BCUT2D eigenvalue weighted by molar-refractivity contribution is -0.116. The van der Waals surface area contributed by atoms with Crippen LogP contribution < -0.4 is 15.5 Å². The Morgan fingerprint density at radius 1 is 1.19 bits per heavy atom. The Kier molecular flexibility index (Phi) is 6.73. The number of rotatable bonds is 7. The third-order valence-electron chi connectivity index (χ3n) is 3.53. The molecule has 2 aromatic carbocycles. The lowest BCUT2D eigenvalue weighted by Crippen LogP contribution is -2.17. The highest BCUT2D eigenvalue weighted by atomic mass is 16.5. The maximum Gasteiger partial charge on any atom is 0.271 e. The zero-order chi connectivity index (χ0) is 18.9. The molecule has 2 aromatic rings. The molecule has 3 N–H and O–H groups in total. The van der Waals surface area contributed by atoms with Gasteiger partial charge >= 0.3 is 0 Å². The highest BCUT2D eigenvalue weighted by Gasteiger charge is 2.07. The van der Waals surface area contributed by atoms with Crippen molar-refractivity contribution >= 4 is 23.7 Å². The fourth-order valence-electron chi connectivity index (χ4n) is 2.19. The molecule has 2 amide bonds. The number of ether oxygens (including phenoxy) is 1. The summed E-state index contributed by atoms with van der Waals surface area (Å²) in [6.45, 7) is 1.93. The summed E-state index contributed by atoms with van der Waals surface area (Å²) >= 11 is 0. The van der Waals surface area contributed by atoms with Gasteiger partial charge in [0.2, 0.25) is 5.91 Å². The molecule has 0 spiro atoms. The van der Waals surface area contributed by atoms with E-state index >= 15 is 0 Å². The molecule has 0 fully saturated rings. The summed E-state index contributed by atoms with van der Waals surface area (Å²) in [6, 6.07) is 11.5. The first-order chi connectivity index (χ1) is 12.5. The third kappa shape index (κ3) is 5.07. The van der Waals surface area contributed by atoms with Gasteiger partial charge in [0, 0.05) is 23.2 Å². The molecule has 7 nitrogen and oxygen atoms in total. The van der Waals surface area contributed by atoms with E-state index in [-0.39, 0.29) is 11.7 Å². The van der Waals surface area contributed by atoms with Crippen molar-refractivity contribution in [3.8, 4) is 11.5 Å². The first kappa shape index (κ1) is 19.0. The highest BCUT2D eigenvalue weighted by Crippen LogP contribution is 2.27. The topological polar surface area (TPSA) is 100 Å². The predicted octanol–water partition coefficient (Wildman–Crippen LogP) is 2.90. The van der Waals surface area contributed by atoms with Crippen LogP contribution in [0.5, 0.6) is 11.5 Å². The fraction of sp³-hybridized carbons (Fsp3) is 0.211. The molecule has 0 unspecified atom stereocenters. The summed E-state index contributed by atoms with van der Waals surface area (Å²) in [7, 11) is 1.45. The molecule has 0 heterocycles. The zero-order valence-electron chi connectivity index (χ0n) is 14.7. The SMILES string of the molecule is CCCC(=O)Nc1ccc(C(=O)NN=Cc2cccc(OC)c2O)cc1. The van der Waals surface area contributed by atoms with Gasteiger partial charge in [0.25, 0.3) is 5.91 Å². The van der Waals surface area contributed by atoms with Crippen LogP contribution in [-0.2, 0) is 4.79 Å². The first-order valence-corrected chi connectivity index (χ1v) is 8.14. The quantitative estimate of drug-likeness (QED) is 0.525. The molecule has 0 radical (unpaired) electrons. The molecule has 0 atom stereocenters. The van der Waals surface area contributed by atoms with E-state index in [0.717, 1.165) is 6.42 Å². The molecular formula is C19H21N3O4. The minimum atomic E-state index is -0.407. The van der Waals surface area contributed by atoms with E-state index in [9.17, 15) is 14.7 Å². The summed E-state index contributed by atoms with van der Waals surface area (Å²) in [5.74, 6) is -0.205. The predicted molar refractivity (Wildman–Crippen MR) is 99.7 cm³/mol. The zero-order valence-corrected chi connectivity index (χ0v) is 14.7. The van der Waals surface area contributed by atoms with Crippen LogP contribution in [0.1, 0.15) is 35.7 Å². The number of phenolic OH excluding ortho intramolecular Hbond substituents is 1. The summed E-state index contributed by atoms with van der Waals surface area (Å²) in [5.41, 5.74) is 3.82. The lowest BCUT2D eigenvalue weighted by Gasteiger charge is -2.06. The lowest BCUT2D eigenvalue weighted by atomic mass is 10.2. The molecule has 0 saturated heterocycles. The van der Waals surface area contributed by atoms with Crippen LogP contribution in [0.4, 0.5) is 5.69 Å². The Morgan fingerprint density at radius 3 is 2.58 bits per heavy atom. The van der Waals surface area contributed by atoms with Crippen LogP contribution in [0.25, 0.3) is 0 Å². The second-order valence-corrected chi connectivity index (χ2v) is 5.47. The van der Waals surface area contributed by atoms with Gasteiger partial charge in [-0.15, -0.1) is 0 Å². The van der Waals surface area contributed by atoms with E-state index in [1.807, 2.05) is 6.92 Å². The van der Waals surface area contributed by atoms with Crippen molar-refractivity contribution in [2.24, 2.45) is 5.10 Å². The van der Waals surface area contributed by atoms with E-state index < -0.39 is 5.91 Å². The Balaban J connectivity index is 1.96. The monoisotopic (exact) mass is 355 g/mol. The molecule has 0 aliphatic rings. The Hall–Kier alpha value is -3.35. The normalized spacial score (nSPS) is 10.5. The summed E-state index contributed by atoms with van der Waals surface area (Å²) in [6.07, 6.45) is 2.55. The Bertz CT molecular complexity index is 801. The van der Waals surface area contributed by atoms with Gasteiger partial charge < -0.3 is 15.2 Å². The number of hydrogen-bond donors (Lipinski definition) is 3. The van der Waals surface area contributed by atoms with Crippen molar-refractivity contribution in [1.82, 2.24) is 5.43 Å². The molecule has 2 rings (SSSR count). The molecule has 0 aliphatic heterocycles. The maximum absolute atomic E-state index is 12.1. The van der Waals surface area contributed by atoms with Crippen LogP contribution in [0.15, 0.2) is 47.6 Å². The van der Waals surface area contributed by atoms with Crippen molar-refractivity contribution < 1.29 is 19.4 Å². The number of hydrazone groups is 1. The van der Waals surface area contributed by atoms with E-state index in [1.165, 1.54) is 13.3 Å². The number of phenols is 1. The Labute approximate surface area is 151 Å². The molecule has 0 bridgehead atoms. The van der Waals surface area contributed by atoms with E-state index in [2.05, 4.69) is 15.8 Å². The molecule has 0 aromatic heterocycles. The van der Waals surface area contributed by atoms with Crippen molar-refractivity contribution in [1.29, 1.82) is 0 Å². The van der Waals surface area contributed by atoms with Crippen molar-refractivity contribution in [3.63, 3.8) is 0 Å². The van der Waals surface area contributed by atoms with Crippen LogP contribution in [-0.4, -0.2) is 30.2 Å². The second kappa shape index (κ2) is 9.22. The average Bonchev–Trinajstić information content (AvgIpc) is 2.64. The average molecular weight is 355 g/mol. The number of nitrogens with one attached hydrogen (secondary N) is 2. The minimum Gasteiger partial charge on any atom is -0.504 e. The highest BCUT2D eigenvalue weighted by molar-refractivity contribution is 5.96. The number of para-hydroxylation sites is 1. The fourth-order valence-corrected chi connectivity index (χ4v) is 2.19. The number of nitrogens with zero attached hydrogens (tertiary/aromatic N) is 1. The van der Waals surface area contributed by atoms with E-state index in [0.29, 0.717) is 29.0 Å². The standard InChI is InChI=1S/C19H21N3O4/c1-3-5-17(23)21-15-10-8-13(9-11-15)19(25)22-20-12-14-6-4-7-16(26-2)18(14)24/h4,6-12,24H,3,5H2,1-2H3,(H,21,23)(H,22,25). The molecule has 26 heavy (non-hydrogen) atoms. The van der Waals surface area contributed by atoms with Crippen molar-refractivity contribution in [3.05, 3.63) is 53.6 Å². The number of benzene rings is 2. The largest absolute Gasteiger partial charge is 0.504 e. The van der Waals surface area contributed by atoms with E-state index in [4.69, 9.17) is 4.74 Å². The number of aromatic hydroxyl groups is 1. The van der Waals surface area contributed by atoms with Crippen LogP contribution in [0, 0.1) is 0 Å². The smallest absolute Gasteiger partial charge is 0.271 e. The van der Waals surface area contributed by atoms with Crippen molar-refractivity contribution in [2.45, 2.75) is 19.8 Å². The number of anilines is 1. The van der Waals surface area contributed by atoms with Gasteiger partial charge in [-0.05, 0) is 42.8 Å². The van der Waals surface area contributed by atoms with Gasteiger partial charge in [0.1, 0.15) is 0 Å². The number of methoxy groups -OCH3 is 1. The number of carbonyl (C=O) groups is 2. The maximum atomic E-state index is 12.1. The van der Waals surface area contributed by atoms with Gasteiger partial charge in [0.15, 0.2) is 11.5 Å². The number of hydrogen-bond acceptors (Lipinski definition) is 5. The molecule has 0 saturated carbocycles. The summed E-state index contributed by atoms with van der Waals surface area (Å²) < 4.78 is 5.01. The van der Waals surface area contributed by atoms with Crippen LogP contribution in [0.2, 0.25) is 0 Å². The van der Waals surface area contributed by atoms with Gasteiger partial charge in [0.05, 0.1) is 13.3 Å². The second-order valence-electron chi connectivity index (χ2n) is 5.47. The van der Waals surface area contributed by atoms with Crippen molar-refractivity contribution in [2.75, 3.05) is 12.4 Å². The van der Waals surface area contributed by atoms with Gasteiger partial charge in [-0.25, -0.2) is 5.43 Å². The van der Waals surface area contributed by atoms with E-state index in [1.54, 1.807) is 42.5 Å². The summed E-state index contributed by atoms with van der Waals surface area (Å²) in [5, 5.41) is 16.5.